The van der Waals surface area contributed by atoms with Gasteiger partial charge in [-0.05, 0) is 29.8 Å². The second-order valence-electron chi connectivity index (χ2n) is 6.15. The van der Waals surface area contributed by atoms with Crippen LogP contribution in [0.2, 0.25) is 10.0 Å². The van der Waals surface area contributed by atoms with Gasteiger partial charge in [-0.1, -0.05) is 53.2 Å². The van der Waals surface area contributed by atoms with Gasteiger partial charge in [0.15, 0.2) is 0 Å². The molecule has 0 bridgehead atoms. The van der Waals surface area contributed by atoms with Crippen LogP contribution < -0.4 is 10.6 Å². The molecule has 2 aromatic rings. The normalized spacial score (nSPS) is 16.2. The lowest BCUT2D eigenvalue weighted by molar-refractivity contribution is -0.121. The highest BCUT2D eigenvalue weighted by atomic mass is 35.5. The van der Waals surface area contributed by atoms with Crippen molar-refractivity contribution in [2.24, 2.45) is 0 Å². The van der Waals surface area contributed by atoms with Crippen molar-refractivity contribution in [3.05, 3.63) is 74.5 Å². The largest absolute Gasteiger partial charge is 0.324 e. The third-order valence-electron chi connectivity index (χ3n) is 4.20. The fourth-order valence-electron chi connectivity index (χ4n) is 2.84. The first-order valence-corrected chi connectivity index (χ1v) is 10.2. The maximum absolute atomic E-state index is 13.2. The Morgan fingerprint density at radius 2 is 2.00 bits per heavy atom. The minimum absolute atomic E-state index is 0.0558. The summed E-state index contributed by atoms with van der Waals surface area (Å²) >= 11 is 13.0. The molecule has 2 aromatic carbocycles. The molecular formula is C20H14Cl2FN3O2S. The third-order valence-corrected chi connectivity index (χ3v) is 6.04. The van der Waals surface area contributed by atoms with Gasteiger partial charge in [0.1, 0.15) is 5.82 Å². The molecule has 2 amide bonds. The average Bonchev–Trinajstić information content (AvgIpc) is 2.70. The van der Waals surface area contributed by atoms with Crippen molar-refractivity contribution in [1.82, 2.24) is 5.32 Å². The van der Waals surface area contributed by atoms with Gasteiger partial charge in [0.05, 0.1) is 38.2 Å². The topological polar surface area (TPSA) is 82.0 Å². The highest BCUT2D eigenvalue weighted by molar-refractivity contribution is 8.03. The number of thioether (sulfide) groups is 1. The molecule has 1 atom stereocenters. The summed E-state index contributed by atoms with van der Waals surface area (Å²) < 4.78 is 13.2. The van der Waals surface area contributed by atoms with E-state index in [1.807, 2.05) is 0 Å². The Bertz CT molecular complexity index is 1040. The molecule has 0 saturated heterocycles. The van der Waals surface area contributed by atoms with Gasteiger partial charge in [-0.25, -0.2) is 4.39 Å². The number of hydrogen-bond donors (Lipinski definition) is 2. The van der Waals surface area contributed by atoms with Crippen molar-refractivity contribution in [3.63, 3.8) is 0 Å². The first-order valence-electron chi connectivity index (χ1n) is 8.45. The summed E-state index contributed by atoms with van der Waals surface area (Å²) in [4.78, 5) is 24.4. The predicted octanol–water partition coefficient (Wildman–Crippen LogP) is 4.84. The molecule has 0 spiro atoms. The van der Waals surface area contributed by atoms with Crippen molar-refractivity contribution in [3.8, 4) is 6.07 Å². The monoisotopic (exact) mass is 449 g/mol. The number of carbonyl (C=O) groups excluding carboxylic acids is 2. The summed E-state index contributed by atoms with van der Waals surface area (Å²) in [6, 6.07) is 12.6. The second-order valence-corrected chi connectivity index (χ2v) is 7.92. The highest BCUT2D eigenvalue weighted by Gasteiger charge is 2.30. The summed E-state index contributed by atoms with van der Waals surface area (Å²) in [5.74, 6) is -1.61. The number of benzene rings is 2. The molecule has 3 rings (SSSR count). The number of anilines is 1. The molecule has 1 heterocycles. The van der Waals surface area contributed by atoms with E-state index in [1.54, 1.807) is 30.3 Å². The number of nitrogens with zero attached hydrogens (tertiary/aromatic N) is 1. The van der Waals surface area contributed by atoms with Gasteiger partial charge in [-0.2, -0.15) is 5.26 Å². The van der Waals surface area contributed by atoms with Crippen molar-refractivity contribution in [2.75, 3.05) is 11.1 Å². The van der Waals surface area contributed by atoms with Crippen LogP contribution in [-0.2, 0) is 9.59 Å². The molecule has 0 fully saturated rings. The van der Waals surface area contributed by atoms with E-state index in [4.69, 9.17) is 23.2 Å². The van der Waals surface area contributed by atoms with Gasteiger partial charge >= 0.3 is 0 Å². The van der Waals surface area contributed by atoms with Crippen LogP contribution in [0.3, 0.4) is 0 Å². The molecule has 0 radical (unpaired) electrons. The van der Waals surface area contributed by atoms with E-state index >= 15 is 0 Å². The average molecular weight is 450 g/mol. The van der Waals surface area contributed by atoms with Crippen LogP contribution in [0.25, 0.3) is 0 Å². The molecule has 0 unspecified atom stereocenters. The minimum Gasteiger partial charge on any atom is -0.324 e. The molecule has 1 aliphatic rings. The van der Waals surface area contributed by atoms with Crippen LogP contribution >= 0.6 is 35.0 Å². The quantitative estimate of drug-likeness (QED) is 0.683. The van der Waals surface area contributed by atoms with E-state index < -0.39 is 11.7 Å². The number of halogens is 3. The third kappa shape index (κ3) is 5.10. The van der Waals surface area contributed by atoms with Crippen molar-refractivity contribution in [2.45, 2.75) is 12.3 Å². The van der Waals surface area contributed by atoms with Crippen LogP contribution in [0.5, 0.6) is 0 Å². The summed E-state index contributed by atoms with van der Waals surface area (Å²) in [6.45, 7) is 0. The summed E-state index contributed by atoms with van der Waals surface area (Å²) in [5.41, 5.74) is 1.36. The molecule has 0 aromatic heterocycles. The molecule has 148 valence electrons. The standard InChI is InChI=1S/C20H14Cl2FN3O2S/c21-15-2-1-3-16(19(15)22)25-18(28)10-29-20-14(9-24)13(8-17(27)26-20)11-4-6-12(23)7-5-11/h1-7,13H,8,10H2,(H,25,28)(H,26,27)/t13-/m0/s1. The van der Waals surface area contributed by atoms with Crippen LogP contribution in [0.1, 0.15) is 17.9 Å². The fraction of sp³-hybridized carbons (Fsp3) is 0.150. The molecule has 0 saturated carbocycles. The lowest BCUT2D eigenvalue weighted by Crippen LogP contribution is -2.31. The fourth-order valence-corrected chi connectivity index (χ4v) is 4.06. The Morgan fingerprint density at radius 1 is 1.28 bits per heavy atom. The molecule has 5 nitrogen and oxygen atoms in total. The first kappa shape index (κ1) is 21.2. The number of allylic oxidation sites excluding steroid dienone is 1. The Balaban J connectivity index is 1.76. The summed E-state index contributed by atoms with van der Waals surface area (Å²) in [5, 5.41) is 15.8. The van der Waals surface area contributed by atoms with E-state index in [9.17, 15) is 19.2 Å². The van der Waals surface area contributed by atoms with Gasteiger partial charge in [-0.3, -0.25) is 9.59 Å². The smallest absolute Gasteiger partial charge is 0.234 e. The van der Waals surface area contributed by atoms with Crippen LogP contribution in [-0.4, -0.2) is 17.6 Å². The molecule has 9 heteroatoms. The van der Waals surface area contributed by atoms with Crippen molar-refractivity contribution < 1.29 is 14.0 Å². The van der Waals surface area contributed by atoms with E-state index in [0.717, 1.165) is 11.8 Å². The Labute approximate surface area is 180 Å². The number of amides is 2. The maximum Gasteiger partial charge on any atom is 0.234 e. The van der Waals surface area contributed by atoms with E-state index in [2.05, 4.69) is 16.7 Å². The lowest BCUT2D eigenvalue weighted by Gasteiger charge is -2.25. The lowest BCUT2D eigenvalue weighted by atomic mass is 9.87. The van der Waals surface area contributed by atoms with Gasteiger partial charge in [0, 0.05) is 12.3 Å². The predicted molar refractivity (Wildman–Crippen MR) is 112 cm³/mol. The van der Waals surface area contributed by atoms with Crippen LogP contribution in [0.15, 0.2) is 53.1 Å². The number of carbonyl (C=O) groups is 2. The number of hydrogen-bond acceptors (Lipinski definition) is 4. The molecular weight excluding hydrogens is 436 g/mol. The van der Waals surface area contributed by atoms with Crippen molar-refractivity contribution in [1.29, 1.82) is 5.26 Å². The van der Waals surface area contributed by atoms with Gasteiger partial charge < -0.3 is 10.6 Å². The van der Waals surface area contributed by atoms with Gasteiger partial charge in [0.2, 0.25) is 11.8 Å². The minimum atomic E-state index is -0.498. The molecule has 29 heavy (non-hydrogen) atoms. The Kier molecular flexibility index (Phi) is 6.80. The van der Waals surface area contributed by atoms with Crippen LogP contribution in [0.4, 0.5) is 10.1 Å². The Morgan fingerprint density at radius 3 is 2.69 bits per heavy atom. The molecule has 0 aliphatic carbocycles. The molecule has 2 N–H and O–H groups in total. The van der Waals surface area contributed by atoms with E-state index in [1.165, 1.54) is 12.1 Å². The SMILES string of the molecule is N#CC1=C(SCC(=O)Nc2cccc(Cl)c2Cl)NC(=O)C[C@H]1c1ccc(F)cc1. The maximum atomic E-state index is 13.2. The molecule has 1 aliphatic heterocycles. The second kappa shape index (κ2) is 9.31. The summed E-state index contributed by atoms with van der Waals surface area (Å²) in [6.07, 6.45) is 0.0723. The number of rotatable bonds is 5. The highest BCUT2D eigenvalue weighted by Crippen LogP contribution is 2.36. The van der Waals surface area contributed by atoms with Gasteiger partial charge in [-0.15, -0.1) is 0 Å². The number of nitrogens with one attached hydrogen (secondary N) is 2. The zero-order valence-corrected chi connectivity index (χ0v) is 17.2. The van der Waals surface area contributed by atoms with Crippen LogP contribution in [0, 0.1) is 17.1 Å². The zero-order chi connectivity index (χ0) is 21.0. The first-order chi connectivity index (χ1) is 13.9. The number of nitriles is 1. The van der Waals surface area contributed by atoms with E-state index in [0.29, 0.717) is 26.9 Å². The zero-order valence-electron chi connectivity index (χ0n) is 14.8. The van der Waals surface area contributed by atoms with Crippen molar-refractivity contribution >= 4 is 52.5 Å². The van der Waals surface area contributed by atoms with E-state index in [-0.39, 0.29) is 29.0 Å². The Hall–Kier alpha value is -2.53. The summed E-state index contributed by atoms with van der Waals surface area (Å²) in [7, 11) is 0. The van der Waals surface area contributed by atoms with Gasteiger partial charge in [0.25, 0.3) is 0 Å².